The number of amides is 1. The predicted molar refractivity (Wildman–Crippen MR) is 110 cm³/mol. The molecular formula is C18H13IN4OS. The Hall–Kier alpha value is -2.57. The Labute approximate surface area is 162 Å². The topological polar surface area (TPSA) is 90.9 Å². The van der Waals surface area contributed by atoms with Crippen LogP contribution in [-0.2, 0) is 0 Å². The fourth-order valence-corrected chi connectivity index (χ4v) is 3.71. The highest BCUT2D eigenvalue weighted by molar-refractivity contribution is 14.1. The summed E-state index contributed by atoms with van der Waals surface area (Å²) in [5.41, 5.74) is 8.04. The van der Waals surface area contributed by atoms with Gasteiger partial charge in [0.1, 0.15) is 21.5 Å². The highest BCUT2D eigenvalue weighted by Crippen LogP contribution is 2.37. The Kier molecular flexibility index (Phi) is 5.21. The van der Waals surface area contributed by atoms with Gasteiger partial charge in [0.15, 0.2) is 0 Å². The standard InChI is InChI=1S/C18H13IN4OS/c19-13-8-4-5-9-14(13)23-17(24)16-15(21)12(10-20)18(25-16)22-11-6-2-1-3-7-11/h1-9,22H,21H2,(H,23,24). The number of nitrogen functional groups attached to an aromatic ring is 1. The van der Waals surface area contributed by atoms with E-state index in [0.717, 1.165) is 9.26 Å². The summed E-state index contributed by atoms with van der Waals surface area (Å²) >= 11 is 3.31. The summed E-state index contributed by atoms with van der Waals surface area (Å²) in [6, 6.07) is 19.0. The van der Waals surface area contributed by atoms with Crippen molar-refractivity contribution in [2.45, 2.75) is 0 Å². The molecule has 0 saturated heterocycles. The number of nitrogens with zero attached hydrogens (tertiary/aromatic N) is 1. The van der Waals surface area contributed by atoms with Crippen molar-refractivity contribution in [2.24, 2.45) is 0 Å². The van der Waals surface area contributed by atoms with Gasteiger partial charge in [-0.1, -0.05) is 30.3 Å². The molecule has 0 spiro atoms. The summed E-state index contributed by atoms with van der Waals surface area (Å²) in [7, 11) is 0. The molecule has 0 saturated carbocycles. The second kappa shape index (κ2) is 7.55. The Bertz CT molecular complexity index is 963. The first-order chi connectivity index (χ1) is 12.1. The average Bonchev–Trinajstić information content (AvgIpc) is 2.93. The second-order valence-electron chi connectivity index (χ2n) is 5.09. The fraction of sp³-hybridized carbons (Fsp3) is 0. The number of nitriles is 1. The molecule has 2 aromatic carbocycles. The van der Waals surface area contributed by atoms with Gasteiger partial charge in [-0.3, -0.25) is 4.79 Å². The Morgan fingerprint density at radius 1 is 1.12 bits per heavy atom. The number of halogens is 1. The van der Waals surface area contributed by atoms with E-state index < -0.39 is 0 Å². The minimum absolute atomic E-state index is 0.189. The first-order valence-electron chi connectivity index (χ1n) is 7.30. The molecule has 3 aromatic rings. The average molecular weight is 460 g/mol. The number of hydrogen-bond acceptors (Lipinski definition) is 5. The summed E-state index contributed by atoms with van der Waals surface area (Å²) in [5.74, 6) is -0.329. The Balaban J connectivity index is 1.91. The molecule has 1 amide bonds. The molecule has 5 nitrogen and oxygen atoms in total. The molecule has 1 aromatic heterocycles. The number of carbonyl (C=O) groups excluding carboxylic acids is 1. The number of thiophene rings is 1. The molecule has 0 fully saturated rings. The van der Waals surface area contributed by atoms with Crippen LogP contribution in [0.5, 0.6) is 0 Å². The monoisotopic (exact) mass is 460 g/mol. The first kappa shape index (κ1) is 17.3. The van der Waals surface area contributed by atoms with Crippen molar-refractivity contribution in [3.8, 4) is 6.07 Å². The minimum Gasteiger partial charge on any atom is -0.396 e. The van der Waals surface area contributed by atoms with Crippen LogP contribution in [0.25, 0.3) is 0 Å². The van der Waals surface area contributed by atoms with Gasteiger partial charge in [0.2, 0.25) is 0 Å². The van der Waals surface area contributed by atoms with E-state index >= 15 is 0 Å². The third-order valence-corrected chi connectivity index (χ3v) is 5.48. The predicted octanol–water partition coefficient (Wildman–Crippen LogP) is 4.80. The third-order valence-electron chi connectivity index (χ3n) is 3.42. The maximum absolute atomic E-state index is 12.6. The minimum atomic E-state index is -0.329. The zero-order chi connectivity index (χ0) is 17.8. The quantitative estimate of drug-likeness (QED) is 0.488. The van der Waals surface area contributed by atoms with Crippen molar-refractivity contribution in [1.82, 2.24) is 0 Å². The Morgan fingerprint density at radius 3 is 2.48 bits per heavy atom. The molecule has 0 radical (unpaired) electrons. The summed E-state index contributed by atoms with van der Waals surface area (Å²) in [6.07, 6.45) is 0. The number of hydrogen-bond donors (Lipinski definition) is 3. The van der Waals surface area contributed by atoms with E-state index in [1.807, 2.05) is 54.6 Å². The molecule has 25 heavy (non-hydrogen) atoms. The molecule has 0 bridgehead atoms. The molecular weight excluding hydrogens is 447 g/mol. The second-order valence-corrected chi connectivity index (χ2v) is 7.27. The normalized spacial score (nSPS) is 10.1. The van der Waals surface area contributed by atoms with E-state index in [2.05, 4.69) is 39.3 Å². The lowest BCUT2D eigenvalue weighted by Gasteiger charge is -2.06. The SMILES string of the molecule is N#Cc1c(Nc2ccccc2)sc(C(=O)Nc2ccccc2I)c1N. The largest absolute Gasteiger partial charge is 0.396 e. The van der Waals surface area contributed by atoms with E-state index in [4.69, 9.17) is 5.73 Å². The van der Waals surface area contributed by atoms with Crippen LogP contribution < -0.4 is 16.4 Å². The number of nitrogens with two attached hydrogens (primary N) is 1. The number of anilines is 4. The van der Waals surface area contributed by atoms with Crippen LogP contribution >= 0.6 is 33.9 Å². The van der Waals surface area contributed by atoms with Crippen molar-refractivity contribution in [3.05, 3.63) is 68.6 Å². The lowest BCUT2D eigenvalue weighted by atomic mass is 10.2. The lowest BCUT2D eigenvalue weighted by molar-refractivity contribution is 0.103. The molecule has 0 aliphatic rings. The molecule has 0 aliphatic heterocycles. The number of para-hydroxylation sites is 2. The van der Waals surface area contributed by atoms with Crippen LogP contribution in [-0.4, -0.2) is 5.91 Å². The van der Waals surface area contributed by atoms with Crippen molar-refractivity contribution < 1.29 is 4.79 Å². The fourth-order valence-electron chi connectivity index (χ4n) is 2.21. The molecule has 7 heteroatoms. The van der Waals surface area contributed by atoms with Crippen LogP contribution in [0.3, 0.4) is 0 Å². The van der Waals surface area contributed by atoms with Crippen molar-refractivity contribution >= 4 is 61.9 Å². The van der Waals surface area contributed by atoms with Crippen molar-refractivity contribution in [3.63, 3.8) is 0 Å². The third kappa shape index (κ3) is 3.75. The van der Waals surface area contributed by atoms with Gasteiger partial charge in [-0.25, -0.2) is 0 Å². The summed E-state index contributed by atoms with van der Waals surface area (Å²) in [4.78, 5) is 12.9. The van der Waals surface area contributed by atoms with Gasteiger partial charge >= 0.3 is 0 Å². The number of rotatable bonds is 4. The molecule has 1 heterocycles. The maximum Gasteiger partial charge on any atom is 0.268 e. The number of carbonyl (C=O) groups is 1. The van der Waals surface area contributed by atoms with Crippen LogP contribution in [0.15, 0.2) is 54.6 Å². The summed E-state index contributed by atoms with van der Waals surface area (Å²) in [5, 5.41) is 16.0. The molecule has 0 atom stereocenters. The summed E-state index contributed by atoms with van der Waals surface area (Å²) < 4.78 is 0.923. The highest BCUT2D eigenvalue weighted by Gasteiger charge is 2.21. The summed E-state index contributed by atoms with van der Waals surface area (Å²) in [6.45, 7) is 0. The molecule has 4 N–H and O–H groups in total. The van der Waals surface area contributed by atoms with E-state index in [1.54, 1.807) is 0 Å². The van der Waals surface area contributed by atoms with E-state index in [-0.39, 0.29) is 17.2 Å². The van der Waals surface area contributed by atoms with Crippen LogP contribution in [0.4, 0.5) is 22.1 Å². The molecule has 0 aliphatic carbocycles. The smallest absolute Gasteiger partial charge is 0.268 e. The van der Waals surface area contributed by atoms with Gasteiger partial charge in [-0.05, 0) is 46.9 Å². The van der Waals surface area contributed by atoms with Crippen LogP contribution in [0, 0.1) is 14.9 Å². The van der Waals surface area contributed by atoms with Gasteiger partial charge in [-0.2, -0.15) is 5.26 Å². The van der Waals surface area contributed by atoms with E-state index in [9.17, 15) is 10.1 Å². The van der Waals surface area contributed by atoms with E-state index in [1.165, 1.54) is 11.3 Å². The maximum atomic E-state index is 12.6. The van der Waals surface area contributed by atoms with E-state index in [0.29, 0.717) is 15.6 Å². The van der Waals surface area contributed by atoms with Gasteiger partial charge in [0, 0.05) is 9.26 Å². The van der Waals surface area contributed by atoms with Crippen molar-refractivity contribution in [2.75, 3.05) is 16.4 Å². The number of benzene rings is 2. The Morgan fingerprint density at radius 2 is 1.80 bits per heavy atom. The molecule has 3 rings (SSSR count). The highest BCUT2D eigenvalue weighted by atomic mass is 127. The van der Waals surface area contributed by atoms with Gasteiger partial charge < -0.3 is 16.4 Å². The zero-order valence-electron chi connectivity index (χ0n) is 12.9. The zero-order valence-corrected chi connectivity index (χ0v) is 15.9. The van der Waals surface area contributed by atoms with Crippen molar-refractivity contribution in [1.29, 1.82) is 5.26 Å². The number of nitrogens with one attached hydrogen (secondary N) is 2. The van der Waals surface area contributed by atoms with Gasteiger partial charge in [0.05, 0.1) is 11.4 Å². The van der Waals surface area contributed by atoms with Gasteiger partial charge in [0.25, 0.3) is 5.91 Å². The van der Waals surface area contributed by atoms with Gasteiger partial charge in [-0.15, -0.1) is 11.3 Å². The molecule has 124 valence electrons. The van der Waals surface area contributed by atoms with Crippen LogP contribution in [0.2, 0.25) is 0 Å². The lowest BCUT2D eigenvalue weighted by Crippen LogP contribution is -2.13. The first-order valence-corrected chi connectivity index (χ1v) is 9.20. The van der Waals surface area contributed by atoms with Crippen LogP contribution in [0.1, 0.15) is 15.2 Å². The molecule has 0 unspecified atom stereocenters.